The van der Waals surface area contributed by atoms with Crippen molar-refractivity contribution in [1.82, 2.24) is 16.0 Å². The Bertz CT molecular complexity index is 1310. The maximum atomic E-state index is 13.6. The van der Waals surface area contributed by atoms with Crippen molar-refractivity contribution in [3.8, 4) is 0 Å². The van der Waals surface area contributed by atoms with Crippen LogP contribution in [0.5, 0.6) is 0 Å². The van der Waals surface area contributed by atoms with Crippen LogP contribution in [0.25, 0.3) is 0 Å². The predicted octanol–water partition coefficient (Wildman–Crippen LogP) is 4.10. The van der Waals surface area contributed by atoms with Gasteiger partial charge in [0.25, 0.3) is 0 Å². The minimum absolute atomic E-state index is 0.0710. The van der Waals surface area contributed by atoms with E-state index in [1.54, 1.807) is 20.8 Å². The van der Waals surface area contributed by atoms with Crippen LogP contribution in [0.1, 0.15) is 44.4 Å². The predicted molar refractivity (Wildman–Crippen MR) is 159 cm³/mol. The summed E-state index contributed by atoms with van der Waals surface area (Å²) in [6.45, 7) is 6.78. The van der Waals surface area contributed by atoms with E-state index in [9.17, 15) is 19.2 Å². The molecule has 9 heteroatoms. The number of rotatable bonds is 12. The van der Waals surface area contributed by atoms with E-state index in [0.717, 1.165) is 16.7 Å². The summed E-state index contributed by atoms with van der Waals surface area (Å²) in [6, 6.07) is 24.6. The molecule has 0 saturated heterocycles. The fourth-order valence-electron chi connectivity index (χ4n) is 4.07. The van der Waals surface area contributed by atoms with E-state index >= 15 is 0 Å². The average Bonchev–Trinajstić information content (AvgIpc) is 2.95. The SMILES string of the molecule is C[C@H](NC(=O)[C@@H](Cc1ccccc1)NC(=O)[C@@H](Cc1ccccc1)NC(=O)OC(C)(C)C)C(=O)OCc1ccccc1. The normalized spacial score (nSPS) is 13.1. The van der Waals surface area contributed by atoms with Gasteiger partial charge < -0.3 is 25.4 Å². The Hall–Kier alpha value is -4.66. The lowest BCUT2D eigenvalue weighted by molar-refractivity contribution is -0.148. The van der Waals surface area contributed by atoms with Gasteiger partial charge in [-0.2, -0.15) is 0 Å². The van der Waals surface area contributed by atoms with Crippen molar-refractivity contribution >= 4 is 23.9 Å². The van der Waals surface area contributed by atoms with E-state index in [-0.39, 0.29) is 19.4 Å². The van der Waals surface area contributed by atoms with Gasteiger partial charge >= 0.3 is 12.1 Å². The molecule has 0 heterocycles. The van der Waals surface area contributed by atoms with Crippen LogP contribution in [-0.2, 0) is 43.3 Å². The van der Waals surface area contributed by atoms with Crippen LogP contribution in [0, 0.1) is 0 Å². The minimum atomic E-state index is -1.04. The molecule has 3 aromatic carbocycles. The number of carbonyl (C=O) groups excluding carboxylic acids is 4. The van der Waals surface area contributed by atoms with E-state index < -0.39 is 47.6 Å². The van der Waals surface area contributed by atoms with Gasteiger partial charge in [-0.05, 0) is 44.4 Å². The third-order valence-corrected chi connectivity index (χ3v) is 6.14. The molecular weight excluding hydrogens is 534 g/mol. The fourth-order valence-corrected chi connectivity index (χ4v) is 4.07. The van der Waals surface area contributed by atoms with Crippen molar-refractivity contribution in [1.29, 1.82) is 0 Å². The Labute approximate surface area is 247 Å². The lowest BCUT2D eigenvalue weighted by Gasteiger charge is -2.26. The molecule has 0 spiro atoms. The third-order valence-electron chi connectivity index (χ3n) is 6.14. The zero-order valence-electron chi connectivity index (χ0n) is 24.5. The number of ether oxygens (including phenoxy) is 2. The summed E-state index contributed by atoms with van der Waals surface area (Å²) in [5, 5.41) is 8.09. The molecule has 0 aliphatic carbocycles. The molecule has 0 aliphatic heterocycles. The van der Waals surface area contributed by atoms with Crippen LogP contribution in [-0.4, -0.2) is 47.6 Å². The zero-order valence-corrected chi connectivity index (χ0v) is 24.5. The quantitative estimate of drug-likeness (QED) is 0.281. The summed E-state index contributed by atoms with van der Waals surface area (Å²) in [5.74, 6) is -1.74. The standard InChI is InChI=1S/C33H39N3O6/c1-23(31(39)41-22-26-18-12-7-13-19-26)34-29(37)27(20-24-14-8-5-9-15-24)35-30(38)28(21-25-16-10-6-11-17-25)36-32(40)42-33(2,3)4/h5-19,23,27-28H,20-22H2,1-4H3,(H,34,37)(H,35,38)(H,36,40)/t23-,27+,28+/m0/s1. The number of amides is 3. The van der Waals surface area contributed by atoms with Gasteiger partial charge in [-0.25, -0.2) is 9.59 Å². The second-order valence-corrected chi connectivity index (χ2v) is 11.0. The van der Waals surface area contributed by atoms with Crippen molar-refractivity contribution in [3.05, 3.63) is 108 Å². The first-order valence-electron chi connectivity index (χ1n) is 13.9. The number of nitrogens with one attached hydrogen (secondary N) is 3. The fraction of sp³-hybridized carbons (Fsp3) is 0.333. The van der Waals surface area contributed by atoms with Crippen LogP contribution in [0.3, 0.4) is 0 Å². The summed E-state index contributed by atoms with van der Waals surface area (Å²) in [5.41, 5.74) is 1.67. The summed E-state index contributed by atoms with van der Waals surface area (Å²) in [6.07, 6.45) is -0.417. The molecule has 0 unspecified atom stereocenters. The highest BCUT2D eigenvalue weighted by atomic mass is 16.6. The smallest absolute Gasteiger partial charge is 0.408 e. The first-order valence-corrected chi connectivity index (χ1v) is 13.9. The van der Waals surface area contributed by atoms with Gasteiger partial charge in [0.15, 0.2) is 0 Å². The van der Waals surface area contributed by atoms with Crippen molar-refractivity contribution in [2.75, 3.05) is 0 Å². The van der Waals surface area contributed by atoms with Gasteiger partial charge in [-0.15, -0.1) is 0 Å². The van der Waals surface area contributed by atoms with Crippen LogP contribution in [0.2, 0.25) is 0 Å². The van der Waals surface area contributed by atoms with Gasteiger partial charge in [-0.3, -0.25) is 9.59 Å². The highest BCUT2D eigenvalue weighted by Crippen LogP contribution is 2.10. The Morgan fingerprint density at radius 2 is 1.07 bits per heavy atom. The van der Waals surface area contributed by atoms with E-state index in [1.165, 1.54) is 6.92 Å². The van der Waals surface area contributed by atoms with E-state index in [0.29, 0.717) is 0 Å². The maximum Gasteiger partial charge on any atom is 0.408 e. The van der Waals surface area contributed by atoms with Gasteiger partial charge in [0.2, 0.25) is 11.8 Å². The number of esters is 1. The van der Waals surface area contributed by atoms with Crippen molar-refractivity contribution < 1.29 is 28.7 Å². The van der Waals surface area contributed by atoms with Crippen LogP contribution in [0.4, 0.5) is 4.79 Å². The third kappa shape index (κ3) is 11.1. The molecule has 0 saturated carbocycles. The van der Waals surface area contributed by atoms with Gasteiger partial charge in [0, 0.05) is 12.8 Å². The molecule has 0 aliphatic rings. The molecule has 0 fully saturated rings. The molecule has 9 nitrogen and oxygen atoms in total. The monoisotopic (exact) mass is 573 g/mol. The first-order chi connectivity index (χ1) is 20.0. The molecule has 3 atom stereocenters. The molecule has 0 aromatic heterocycles. The topological polar surface area (TPSA) is 123 Å². The lowest BCUT2D eigenvalue weighted by Crippen LogP contribution is -2.57. The lowest BCUT2D eigenvalue weighted by atomic mass is 10.0. The van der Waals surface area contributed by atoms with E-state index in [2.05, 4.69) is 16.0 Å². The highest BCUT2D eigenvalue weighted by Gasteiger charge is 2.30. The van der Waals surface area contributed by atoms with Gasteiger partial charge in [0.05, 0.1) is 0 Å². The molecule has 42 heavy (non-hydrogen) atoms. The summed E-state index contributed by atoms with van der Waals surface area (Å²) < 4.78 is 10.7. The minimum Gasteiger partial charge on any atom is -0.459 e. The zero-order chi connectivity index (χ0) is 30.5. The number of hydrogen-bond donors (Lipinski definition) is 3. The molecule has 222 valence electrons. The first kappa shape index (κ1) is 31.9. The van der Waals surface area contributed by atoms with Gasteiger partial charge in [0.1, 0.15) is 30.3 Å². The Balaban J connectivity index is 1.74. The van der Waals surface area contributed by atoms with E-state index in [4.69, 9.17) is 9.47 Å². The summed E-state index contributed by atoms with van der Waals surface area (Å²) in [4.78, 5) is 52.2. The van der Waals surface area contributed by atoms with Gasteiger partial charge in [-0.1, -0.05) is 91.0 Å². The molecule has 3 rings (SSSR count). The molecule has 0 bridgehead atoms. The second-order valence-electron chi connectivity index (χ2n) is 11.0. The summed E-state index contributed by atoms with van der Waals surface area (Å²) in [7, 11) is 0. The molecular formula is C33H39N3O6. The van der Waals surface area contributed by atoms with E-state index in [1.807, 2.05) is 91.0 Å². The second kappa shape index (κ2) is 15.4. The van der Waals surface area contributed by atoms with Crippen molar-refractivity contribution in [2.45, 2.75) is 70.9 Å². The largest absolute Gasteiger partial charge is 0.459 e. The Kier molecular flexibility index (Phi) is 11.7. The molecule has 3 N–H and O–H groups in total. The van der Waals surface area contributed by atoms with Crippen molar-refractivity contribution in [3.63, 3.8) is 0 Å². The molecule has 3 aromatic rings. The van der Waals surface area contributed by atoms with Crippen LogP contribution >= 0.6 is 0 Å². The highest BCUT2D eigenvalue weighted by molar-refractivity contribution is 5.93. The summed E-state index contributed by atoms with van der Waals surface area (Å²) >= 11 is 0. The Morgan fingerprint density at radius 3 is 1.55 bits per heavy atom. The average molecular weight is 574 g/mol. The number of hydrogen-bond acceptors (Lipinski definition) is 6. The van der Waals surface area contributed by atoms with Crippen LogP contribution in [0.15, 0.2) is 91.0 Å². The van der Waals surface area contributed by atoms with Crippen LogP contribution < -0.4 is 16.0 Å². The maximum absolute atomic E-state index is 13.6. The van der Waals surface area contributed by atoms with Crippen molar-refractivity contribution in [2.24, 2.45) is 0 Å². The molecule has 0 radical (unpaired) electrons. The molecule has 3 amide bonds. The number of alkyl carbamates (subject to hydrolysis) is 1. The number of carbonyl (C=O) groups is 4. The Morgan fingerprint density at radius 1 is 0.643 bits per heavy atom. The number of benzene rings is 3.